The summed E-state index contributed by atoms with van der Waals surface area (Å²) in [6, 6.07) is 9.57. The van der Waals surface area contributed by atoms with Crippen molar-refractivity contribution in [2.75, 3.05) is 13.1 Å². The highest BCUT2D eigenvalue weighted by atomic mass is 16.2. The van der Waals surface area contributed by atoms with E-state index in [1.807, 2.05) is 49.1 Å². The molecule has 4 nitrogen and oxygen atoms in total. The van der Waals surface area contributed by atoms with Gasteiger partial charge in [-0.3, -0.25) is 9.59 Å². The van der Waals surface area contributed by atoms with Gasteiger partial charge in [0.2, 0.25) is 5.91 Å². The number of carbonyl (C=O) groups is 2. The van der Waals surface area contributed by atoms with Crippen LogP contribution < -0.4 is 5.32 Å². The van der Waals surface area contributed by atoms with Crippen LogP contribution in [-0.4, -0.2) is 35.8 Å². The maximum absolute atomic E-state index is 12.3. The molecule has 2 rings (SSSR count). The molecule has 0 radical (unpaired) electrons. The van der Waals surface area contributed by atoms with Crippen molar-refractivity contribution in [3.63, 3.8) is 0 Å². The van der Waals surface area contributed by atoms with Gasteiger partial charge in [-0.15, -0.1) is 0 Å². The van der Waals surface area contributed by atoms with Gasteiger partial charge in [-0.05, 0) is 31.4 Å². The summed E-state index contributed by atoms with van der Waals surface area (Å²) in [6.45, 7) is 5.38. The Bertz CT molecular complexity index is 479. The Balaban J connectivity index is 1.83. The summed E-state index contributed by atoms with van der Waals surface area (Å²) in [6.07, 6.45) is 2.53. The van der Waals surface area contributed by atoms with Crippen LogP contribution in [0.4, 0.5) is 0 Å². The molecule has 4 heteroatoms. The molecule has 0 spiro atoms. The van der Waals surface area contributed by atoms with E-state index < -0.39 is 0 Å². The molecule has 0 bridgehead atoms. The lowest BCUT2D eigenvalue weighted by molar-refractivity contribution is -0.125. The highest BCUT2D eigenvalue weighted by Crippen LogP contribution is 2.14. The van der Waals surface area contributed by atoms with E-state index in [1.165, 1.54) is 0 Å². The van der Waals surface area contributed by atoms with Gasteiger partial charge in [0.15, 0.2) is 0 Å². The van der Waals surface area contributed by atoms with Crippen LogP contribution in [-0.2, 0) is 4.79 Å². The van der Waals surface area contributed by atoms with Gasteiger partial charge >= 0.3 is 0 Å². The molecular weight excluding hydrogens is 264 g/mol. The number of hydrogen-bond acceptors (Lipinski definition) is 2. The summed E-state index contributed by atoms with van der Waals surface area (Å²) in [5.41, 5.74) is 0.736. The molecular formula is C17H24N2O2. The molecule has 1 saturated heterocycles. The smallest absolute Gasteiger partial charge is 0.253 e. The Morgan fingerprint density at radius 1 is 1.24 bits per heavy atom. The predicted molar refractivity (Wildman–Crippen MR) is 83.0 cm³/mol. The van der Waals surface area contributed by atoms with Gasteiger partial charge in [0.1, 0.15) is 0 Å². The molecule has 0 aromatic heterocycles. The maximum Gasteiger partial charge on any atom is 0.253 e. The van der Waals surface area contributed by atoms with Crippen LogP contribution in [0.5, 0.6) is 0 Å². The number of likely N-dealkylation sites (tertiary alicyclic amines) is 1. The zero-order valence-corrected chi connectivity index (χ0v) is 12.8. The molecule has 1 N–H and O–H groups in total. The molecule has 1 aliphatic heterocycles. The minimum atomic E-state index is 0.0639. The summed E-state index contributed by atoms with van der Waals surface area (Å²) in [7, 11) is 0. The van der Waals surface area contributed by atoms with Crippen LogP contribution in [0, 0.1) is 5.92 Å². The van der Waals surface area contributed by atoms with E-state index >= 15 is 0 Å². The van der Waals surface area contributed by atoms with Gasteiger partial charge in [0, 0.05) is 30.6 Å². The Labute approximate surface area is 126 Å². The van der Waals surface area contributed by atoms with Gasteiger partial charge in [-0.2, -0.15) is 0 Å². The summed E-state index contributed by atoms with van der Waals surface area (Å²) in [5, 5.41) is 3.09. The molecule has 0 unspecified atom stereocenters. The van der Waals surface area contributed by atoms with Crippen molar-refractivity contribution in [1.82, 2.24) is 10.2 Å². The third kappa shape index (κ3) is 4.06. The summed E-state index contributed by atoms with van der Waals surface area (Å²) in [5.74, 6) is 0.279. The van der Waals surface area contributed by atoms with Crippen molar-refractivity contribution >= 4 is 11.8 Å². The molecule has 1 aromatic rings. The van der Waals surface area contributed by atoms with Crippen LogP contribution in [0.15, 0.2) is 30.3 Å². The Kier molecular flexibility index (Phi) is 5.37. The number of carbonyl (C=O) groups excluding carboxylic acids is 2. The molecule has 0 saturated carbocycles. The summed E-state index contributed by atoms with van der Waals surface area (Å²) >= 11 is 0. The van der Waals surface area contributed by atoms with Crippen molar-refractivity contribution in [2.24, 2.45) is 5.92 Å². The van der Waals surface area contributed by atoms with Crippen LogP contribution in [0.3, 0.4) is 0 Å². The lowest BCUT2D eigenvalue weighted by atomic mass is 10.0. The van der Waals surface area contributed by atoms with E-state index in [2.05, 4.69) is 5.32 Å². The molecule has 1 heterocycles. The van der Waals surface area contributed by atoms with Gasteiger partial charge < -0.3 is 10.2 Å². The number of piperidine rings is 1. The van der Waals surface area contributed by atoms with Crippen molar-refractivity contribution < 1.29 is 9.59 Å². The molecule has 1 atom stereocenters. The number of hydrogen-bond donors (Lipinski definition) is 1. The third-order valence-corrected chi connectivity index (χ3v) is 4.21. The largest absolute Gasteiger partial charge is 0.353 e. The second kappa shape index (κ2) is 7.25. The Morgan fingerprint density at radius 2 is 1.86 bits per heavy atom. The van der Waals surface area contributed by atoms with E-state index in [4.69, 9.17) is 0 Å². The van der Waals surface area contributed by atoms with E-state index in [9.17, 15) is 9.59 Å². The van der Waals surface area contributed by atoms with Crippen molar-refractivity contribution in [3.05, 3.63) is 35.9 Å². The van der Waals surface area contributed by atoms with Gasteiger partial charge in [-0.1, -0.05) is 32.0 Å². The van der Waals surface area contributed by atoms with Gasteiger partial charge in [-0.25, -0.2) is 0 Å². The van der Waals surface area contributed by atoms with Crippen LogP contribution >= 0.6 is 0 Å². The minimum Gasteiger partial charge on any atom is -0.353 e. The average molecular weight is 288 g/mol. The van der Waals surface area contributed by atoms with Crippen LogP contribution in [0.25, 0.3) is 0 Å². The minimum absolute atomic E-state index is 0.0639. The monoisotopic (exact) mass is 288 g/mol. The van der Waals surface area contributed by atoms with E-state index in [0.717, 1.165) is 24.8 Å². The molecule has 21 heavy (non-hydrogen) atoms. The lowest BCUT2D eigenvalue weighted by Crippen LogP contribution is -2.47. The highest BCUT2D eigenvalue weighted by Gasteiger charge is 2.25. The fourth-order valence-electron chi connectivity index (χ4n) is 2.52. The van der Waals surface area contributed by atoms with Gasteiger partial charge in [0.05, 0.1) is 0 Å². The first-order chi connectivity index (χ1) is 10.1. The molecule has 1 aromatic carbocycles. The standard InChI is InChI=1S/C17H24N2O2/c1-3-13(2)16(20)18-15-9-11-19(12-10-15)17(21)14-7-5-4-6-8-14/h4-8,13,15H,3,9-12H2,1-2H3,(H,18,20)/t13-/m0/s1. The second-order valence-corrected chi connectivity index (χ2v) is 5.75. The number of nitrogens with zero attached hydrogens (tertiary/aromatic N) is 1. The molecule has 2 amide bonds. The van der Waals surface area contributed by atoms with Crippen LogP contribution in [0.1, 0.15) is 43.5 Å². The van der Waals surface area contributed by atoms with Crippen molar-refractivity contribution in [2.45, 2.75) is 39.2 Å². The second-order valence-electron chi connectivity index (χ2n) is 5.75. The highest BCUT2D eigenvalue weighted by molar-refractivity contribution is 5.94. The Morgan fingerprint density at radius 3 is 2.43 bits per heavy atom. The fourth-order valence-corrected chi connectivity index (χ4v) is 2.52. The maximum atomic E-state index is 12.3. The molecule has 0 aliphatic carbocycles. The number of amides is 2. The number of rotatable bonds is 4. The normalized spacial score (nSPS) is 17.3. The predicted octanol–water partition coefficient (Wildman–Crippen LogP) is 2.45. The quantitative estimate of drug-likeness (QED) is 0.925. The summed E-state index contributed by atoms with van der Waals surface area (Å²) < 4.78 is 0. The SMILES string of the molecule is CC[C@H](C)C(=O)NC1CCN(C(=O)c2ccccc2)CC1. The zero-order valence-electron chi connectivity index (χ0n) is 12.8. The average Bonchev–Trinajstić information content (AvgIpc) is 2.55. The van der Waals surface area contributed by atoms with Crippen molar-refractivity contribution in [3.8, 4) is 0 Å². The zero-order chi connectivity index (χ0) is 15.2. The van der Waals surface area contributed by atoms with E-state index in [1.54, 1.807) is 0 Å². The first kappa shape index (κ1) is 15.5. The molecule has 1 fully saturated rings. The van der Waals surface area contributed by atoms with Gasteiger partial charge in [0.25, 0.3) is 5.91 Å². The molecule has 1 aliphatic rings. The number of nitrogens with one attached hydrogen (secondary N) is 1. The lowest BCUT2D eigenvalue weighted by Gasteiger charge is -2.33. The van der Waals surface area contributed by atoms with Crippen molar-refractivity contribution in [1.29, 1.82) is 0 Å². The topological polar surface area (TPSA) is 49.4 Å². The first-order valence-corrected chi connectivity index (χ1v) is 7.76. The molecule has 114 valence electrons. The Hall–Kier alpha value is -1.84. The number of benzene rings is 1. The summed E-state index contributed by atoms with van der Waals surface area (Å²) in [4.78, 5) is 26.1. The third-order valence-electron chi connectivity index (χ3n) is 4.21. The van der Waals surface area contributed by atoms with Crippen LogP contribution in [0.2, 0.25) is 0 Å². The fraction of sp³-hybridized carbons (Fsp3) is 0.529. The first-order valence-electron chi connectivity index (χ1n) is 7.76. The van der Waals surface area contributed by atoms with E-state index in [0.29, 0.717) is 13.1 Å². The van der Waals surface area contributed by atoms with E-state index in [-0.39, 0.29) is 23.8 Å².